The lowest BCUT2D eigenvalue weighted by Crippen LogP contribution is -2.14. The van der Waals surface area contributed by atoms with Crippen LogP contribution in [0.5, 0.6) is 0 Å². The van der Waals surface area contributed by atoms with Crippen LogP contribution in [0, 0.1) is 6.92 Å². The Balaban J connectivity index is 2.33. The third-order valence-electron chi connectivity index (χ3n) is 2.69. The number of carbonyl (C=O) groups is 1. The molecule has 0 radical (unpaired) electrons. The quantitative estimate of drug-likeness (QED) is 0.855. The minimum atomic E-state index is -3.72. The van der Waals surface area contributed by atoms with Gasteiger partial charge in [-0.3, -0.25) is 4.72 Å². The van der Waals surface area contributed by atoms with Gasteiger partial charge in [0.2, 0.25) is 0 Å². The first-order valence-corrected chi connectivity index (χ1v) is 8.56. The van der Waals surface area contributed by atoms with Gasteiger partial charge >= 0.3 is 5.97 Å². The Kier molecular flexibility index (Phi) is 4.38. The molecule has 0 aliphatic heterocycles. The van der Waals surface area contributed by atoms with E-state index in [1.54, 1.807) is 37.7 Å². The Morgan fingerprint density at radius 3 is 2.76 bits per heavy atom. The van der Waals surface area contributed by atoms with Crippen LogP contribution in [-0.4, -0.2) is 25.6 Å². The molecule has 0 aromatic carbocycles. The number of sulfonamides is 1. The van der Waals surface area contributed by atoms with Gasteiger partial charge in [0.05, 0.1) is 12.2 Å². The van der Waals surface area contributed by atoms with Crippen LogP contribution in [0.15, 0.2) is 29.4 Å². The predicted molar refractivity (Wildman–Crippen MR) is 81.2 cm³/mol. The number of nitrogens with one attached hydrogen (secondary N) is 1. The maximum atomic E-state index is 12.3. The molecule has 0 fully saturated rings. The van der Waals surface area contributed by atoms with E-state index < -0.39 is 16.0 Å². The Morgan fingerprint density at radius 2 is 2.19 bits per heavy atom. The first kappa shape index (κ1) is 15.6. The second-order valence-electron chi connectivity index (χ2n) is 4.44. The summed E-state index contributed by atoms with van der Waals surface area (Å²) in [5.74, 6) is -0.535. The van der Waals surface area contributed by atoms with E-state index in [-0.39, 0.29) is 22.1 Å². The number of thiophene rings is 1. The summed E-state index contributed by atoms with van der Waals surface area (Å²) < 4.78 is 33.6. The number of aromatic nitrogens is 1. The average Bonchev–Trinajstić information content (AvgIpc) is 2.96. The third kappa shape index (κ3) is 3.45. The minimum Gasteiger partial charge on any atom is -0.462 e. The third-order valence-corrected chi connectivity index (χ3v) is 5.12. The summed E-state index contributed by atoms with van der Waals surface area (Å²) >= 11 is 1.20. The van der Waals surface area contributed by atoms with Gasteiger partial charge in [0.25, 0.3) is 10.0 Å². The van der Waals surface area contributed by atoms with Gasteiger partial charge in [-0.25, -0.2) is 13.2 Å². The molecule has 2 aromatic rings. The van der Waals surface area contributed by atoms with Gasteiger partial charge < -0.3 is 9.30 Å². The van der Waals surface area contributed by atoms with Crippen LogP contribution >= 0.6 is 11.3 Å². The highest BCUT2D eigenvalue weighted by Crippen LogP contribution is 2.30. The SMILES string of the molecule is CCOC(=O)c1cc(C)sc1NS(=O)(=O)c1ccn(C)c1. The van der Waals surface area contributed by atoms with Crippen molar-refractivity contribution >= 4 is 32.3 Å². The van der Waals surface area contributed by atoms with Crippen LogP contribution in [0.2, 0.25) is 0 Å². The second-order valence-corrected chi connectivity index (χ2v) is 7.38. The Morgan fingerprint density at radius 1 is 1.48 bits per heavy atom. The van der Waals surface area contributed by atoms with Crippen LogP contribution < -0.4 is 4.72 Å². The lowest BCUT2D eigenvalue weighted by atomic mass is 10.3. The molecule has 0 saturated heterocycles. The molecule has 1 N–H and O–H groups in total. The summed E-state index contributed by atoms with van der Waals surface area (Å²) in [7, 11) is -1.98. The zero-order valence-electron chi connectivity index (χ0n) is 11.9. The van der Waals surface area contributed by atoms with Gasteiger partial charge in [0, 0.05) is 24.3 Å². The van der Waals surface area contributed by atoms with Crippen molar-refractivity contribution in [3.63, 3.8) is 0 Å². The number of nitrogens with zero attached hydrogens (tertiary/aromatic N) is 1. The fourth-order valence-electron chi connectivity index (χ4n) is 1.77. The van der Waals surface area contributed by atoms with Crippen molar-refractivity contribution < 1.29 is 17.9 Å². The first-order valence-electron chi connectivity index (χ1n) is 6.26. The Hall–Kier alpha value is -1.80. The molecule has 0 saturated carbocycles. The van der Waals surface area contributed by atoms with Gasteiger partial charge in [0.15, 0.2) is 0 Å². The van der Waals surface area contributed by atoms with E-state index in [0.29, 0.717) is 0 Å². The summed E-state index contributed by atoms with van der Waals surface area (Å²) in [5.41, 5.74) is 0.235. The Labute approximate surface area is 127 Å². The topological polar surface area (TPSA) is 77.4 Å². The highest BCUT2D eigenvalue weighted by molar-refractivity contribution is 7.93. The molecule has 0 amide bonds. The molecular weight excluding hydrogens is 312 g/mol. The van der Waals surface area contributed by atoms with E-state index in [0.717, 1.165) is 4.88 Å². The zero-order valence-corrected chi connectivity index (χ0v) is 13.5. The lowest BCUT2D eigenvalue weighted by Gasteiger charge is -2.07. The average molecular weight is 328 g/mol. The Bertz CT molecular complexity index is 759. The molecule has 0 atom stereocenters. The van der Waals surface area contributed by atoms with Gasteiger partial charge in [-0.05, 0) is 26.0 Å². The molecule has 114 valence electrons. The van der Waals surface area contributed by atoms with Crippen LogP contribution in [0.1, 0.15) is 22.2 Å². The van der Waals surface area contributed by atoms with Crippen LogP contribution in [0.4, 0.5) is 5.00 Å². The summed E-state index contributed by atoms with van der Waals surface area (Å²) in [5, 5.41) is 0.273. The fourth-order valence-corrected chi connectivity index (χ4v) is 4.03. The normalized spacial score (nSPS) is 11.4. The smallest absolute Gasteiger partial charge is 0.341 e. The predicted octanol–water partition coefficient (Wildman–Crippen LogP) is 2.37. The van der Waals surface area contributed by atoms with E-state index >= 15 is 0 Å². The molecular formula is C13H16N2O4S2. The summed E-state index contributed by atoms with van der Waals surface area (Å²) in [4.78, 5) is 12.8. The van der Waals surface area contributed by atoms with Crippen molar-refractivity contribution in [2.24, 2.45) is 7.05 Å². The van der Waals surface area contributed by atoms with Crippen molar-refractivity contribution in [1.82, 2.24) is 4.57 Å². The van der Waals surface area contributed by atoms with Crippen molar-refractivity contribution in [3.8, 4) is 0 Å². The first-order chi connectivity index (χ1) is 9.83. The summed E-state index contributed by atoms with van der Waals surface area (Å²) in [6.45, 7) is 3.73. The van der Waals surface area contributed by atoms with E-state index in [2.05, 4.69) is 4.72 Å². The van der Waals surface area contributed by atoms with Gasteiger partial charge in [-0.1, -0.05) is 0 Å². The maximum Gasteiger partial charge on any atom is 0.341 e. The zero-order chi connectivity index (χ0) is 15.6. The van der Waals surface area contributed by atoms with E-state index in [9.17, 15) is 13.2 Å². The van der Waals surface area contributed by atoms with Gasteiger partial charge in [-0.2, -0.15) is 0 Å². The molecule has 2 aromatic heterocycles. The van der Waals surface area contributed by atoms with Gasteiger partial charge in [-0.15, -0.1) is 11.3 Å². The van der Waals surface area contributed by atoms with Crippen molar-refractivity contribution in [2.45, 2.75) is 18.7 Å². The van der Waals surface area contributed by atoms with Crippen molar-refractivity contribution in [2.75, 3.05) is 11.3 Å². The van der Waals surface area contributed by atoms with Crippen LogP contribution in [0.3, 0.4) is 0 Å². The highest BCUT2D eigenvalue weighted by atomic mass is 32.2. The molecule has 21 heavy (non-hydrogen) atoms. The van der Waals surface area contributed by atoms with E-state index in [1.807, 2.05) is 0 Å². The number of hydrogen-bond donors (Lipinski definition) is 1. The molecule has 6 nitrogen and oxygen atoms in total. The van der Waals surface area contributed by atoms with E-state index in [4.69, 9.17) is 4.74 Å². The largest absolute Gasteiger partial charge is 0.462 e. The molecule has 0 aliphatic carbocycles. The standard InChI is InChI=1S/C13H16N2O4S2/c1-4-19-13(16)11-7-9(2)20-12(11)14-21(17,18)10-5-6-15(3)8-10/h5-8,14H,4H2,1-3H3. The number of anilines is 1. The number of rotatable bonds is 5. The maximum absolute atomic E-state index is 12.3. The lowest BCUT2D eigenvalue weighted by molar-refractivity contribution is 0.0528. The molecule has 8 heteroatoms. The summed E-state index contributed by atoms with van der Waals surface area (Å²) in [6.07, 6.45) is 3.13. The molecule has 0 unspecified atom stereocenters. The number of hydrogen-bond acceptors (Lipinski definition) is 5. The monoisotopic (exact) mass is 328 g/mol. The number of esters is 1. The number of aryl methyl sites for hydroxylation is 2. The fraction of sp³-hybridized carbons (Fsp3) is 0.308. The van der Waals surface area contributed by atoms with Crippen LogP contribution in [0.25, 0.3) is 0 Å². The molecule has 2 heterocycles. The van der Waals surface area contributed by atoms with Crippen LogP contribution in [-0.2, 0) is 21.8 Å². The molecule has 0 bridgehead atoms. The van der Waals surface area contributed by atoms with Crippen molar-refractivity contribution in [3.05, 3.63) is 35.0 Å². The van der Waals surface area contributed by atoms with Gasteiger partial charge in [0.1, 0.15) is 9.90 Å². The molecule has 2 rings (SSSR count). The van der Waals surface area contributed by atoms with E-state index in [1.165, 1.54) is 23.6 Å². The highest BCUT2D eigenvalue weighted by Gasteiger charge is 2.22. The summed E-state index contributed by atoms with van der Waals surface area (Å²) in [6, 6.07) is 3.11. The molecule has 0 spiro atoms. The van der Waals surface area contributed by atoms with Crippen molar-refractivity contribution in [1.29, 1.82) is 0 Å². The second kappa shape index (κ2) is 5.90. The minimum absolute atomic E-state index is 0.144. The molecule has 0 aliphatic rings. The number of ether oxygens (including phenoxy) is 1. The number of carbonyl (C=O) groups excluding carboxylic acids is 1.